The summed E-state index contributed by atoms with van der Waals surface area (Å²) < 4.78 is 47.9. The Labute approximate surface area is 83.5 Å². The summed E-state index contributed by atoms with van der Waals surface area (Å²) in [7, 11) is 0. The molecule has 1 rings (SSSR count). The minimum atomic E-state index is -4.28. The molecule has 0 aliphatic heterocycles. The predicted octanol–water partition coefficient (Wildman–Crippen LogP) is 2.18. The number of halogens is 4. The lowest BCUT2D eigenvalue weighted by molar-refractivity contribution is -0.125. The summed E-state index contributed by atoms with van der Waals surface area (Å²) in [5, 5.41) is 10.9. The van der Waals surface area contributed by atoms with Crippen molar-refractivity contribution in [3.05, 3.63) is 29.6 Å². The molecule has 0 fully saturated rings. The van der Waals surface area contributed by atoms with Crippen molar-refractivity contribution in [1.82, 2.24) is 5.32 Å². The number of aromatic hydroxyl groups is 1. The van der Waals surface area contributed by atoms with Crippen LogP contribution in [0.2, 0.25) is 0 Å². The van der Waals surface area contributed by atoms with Crippen LogP contribution < -0.4 is 5.32 Å². The Bertz CT molecular complexity index is 337. The second-order valence-corrected chi connectivity index (χ2v) is 3.00. The third-order valence-corrected chi connectivity index (χ3v) is 1.67. The highest BCUT2D eigenvalue weighted by Crippen LogP contribution is 2.16. The van der Waals surface area contributed by atoms with Gasteiger partial charge in [0.2, 0.25) is 0 Å². The number of phenols is 1. The average molecular weight is 223 g/mol. The van der Waals surface area contributed by atoms with Gasteiger partial charge in [0.25, 0.3) is 0 Å². The highest BCUT2D eigenvalue weighted by atomic mass is 19.4. The zero-order valence-corrected chi connectivity index (χ0v) is 7.61. The number of alkyl halides is 3. The van der Waals surface area contributed by atoms with Crippen molar-refractivity contribution >= 4 is 0 Å². The van der Waals surface area contributed by atoms with E-state index in [0.717, 1.165) is 12.1 Å². The Morgan fingerprint density at radius 1 is 1.27 bits per heavy atom. The van der Waals surface area contributed by atoms with Gasteiger partial charge in [-0.25, -0.2) is 4.39 Å². The standard InChI is InChI=1S/C9H9F4NO/c10-7-3-6(1-2-8(7)15)4-14-5-9(11,12)13/h1-3,14-15H,4-5H2. The summed E-state index contributed by atoms with van der Waals surface area (Å²) >= 11 is 0. The maximum atomic E-state index is 12.7. The zero-order chi connectivity index (χ0) is 11.5. The summed E-state index contributed by atoms with van der Waals surface area (Å²) in [4.78, 5) is 0. The van der Waals surface area contributed by atoms with Gasteiger partial charge in [-0.05, 0) is 17.7 Å². The van der Waals surface area contributed by atoms with Gasteiger partial charge in [0.15, 0.2) is 11.6 Å². The lowest BCUT2D eigenvalue weighted by atomic mass is 10.2. The molecule has 0 aromatic heterocycles. The van der Waals surface area contributed by atoms with Crippen molar-refractivity contribution in [1.29, 1.82) is 0 Å². The first-order valence-corrected chi connectivity index (χ1v) is 4.13. The van der Waals surface area contributed by atoms with Crippen LogP contribution in [0, 0.1) is 5.82 Å². The first-order valence-electron chi connectivity index (χ1n) is 4.13. The van der Waals surface area contributed by atoms with Gasteiger partial charge in [0, 0.05) is 6.54 Å². The highest BCUT2D eigenvalue weighted by Gasteiger charge is 2.26. The van der Waals surface area contributed by atoms with Gasteiger partial charge < -0.3 is 10.4 Å². The molecule has 0 spiro atoms. The molecular weight excluding hydrogens is 214 g/mol. The number of rotatable bonds is 3. The smallest absolute Gasteiger partial charge is 0.401 e. The fraction of sp³-hybridized carbons (Fsp3) is 0.333. The largest absolute Gasteiger partial charge is 0.505 e. The van der Waals surface area contributed by atoms with E-state index in [-0.39, 0.29) is 6.54 Å². The van der Waals surface area contributed by atoms with Gasteiger partial charge in [0.05, 0.1) is 6.54 Å². The van der Waals surface area contributed by atoms with E-state index >= 15 is 0 Å². The number of phenolic OH excluding ortho intramolecular Hbond substituents is 1. The van der Waals surface area contributed by atoms with Gasteiger partial charge in [0.1, 0.15) is 0 Å². The molecule has 1 aromatic carbocycles. The van der Waals surface area contributed by atoms with Gasteiger partial charge in [-0.2, -0.15) is 13.2 Å². The quantitative estimate of drug-likeness (QED) is 0.770. The summed E-state index contributed by atoms with van der Waals surface area (Å²) in [5.41, 5.74) is 0.342. The first kappa shape index (κ1) is 11.8. The van der Waals surface area contributed by atoms with Crippen LogP contribution in [-0.2, 0) is 6.54 Å². The molecule has 0 heterocycles. The van der Waals surface area contributed by atoms with Gasteiger partial charge in [-0.1, -0.05) is 6.07 Å². The fourth-order valence-electron chi connectivity index (χ4n) is 1.01. The van der Waals surface area contributed by atoms with Crippen LogP contribution >= 0.6 is 0 Å². The SMILES string of the molecule is Oc1ccc(CNCC(F)(F)F)cc1F. The highest BCUT2D eigenvalue weighted by molar-refractivity contribution is 5.27. The molecule has 0 unspecified atom stereocenters. The minimum absolute atomic E-state index is 0.100. The third-order valence-electron chi connectivity index (χ3n) is 1.67. The lowest BCUT2D eigenvalue weighted by Gasteiger charge is -2.08. The Kier molecular flexibility index (Phi) is 3.52. The van der Waals surface area contributed by atoms with E-state index in [1.54, 1.807) is 0 Å². The molecule has 0 bridgehead atoms. The number of nitrogens with one attached hydrogen (secondary N) is 1. The maximum absolute atomic E-state index is 12.7. The van der Waals surface area contributed by atoms with Crippen LogP contribution in [0.3, 0.4) is 0 Å². The maximum Gasteiger partial charge on any atom is 0.401 e. The summed E-state index contributed by atoms with van der Waals surface area (Å²) in [6.07, 6.45) is -4.28. The van der Waals surface area contributed by atoms with E-state index in [2.05, 4.69) is 5.32 Å². The molecule has 0 aliphatic rings. The number of hydrogen-bond donors (Lipinski definition) is 2. The van der Waals surface area contributed by atoms with Crippen LogP contribution in [0.4, 0.5) is 17.6 Å². The third kappa shape index (κ3) is 4.16. The second-order valence-electron chi connectivity index (χ2n) is 3.00. The van der Waals surface area contributed by atoms with Crippen molar-refractivity contribution in [3.63, 3.8) is 0 Å². The predicted molar refractivity (Wildman–Crippen MR) is 45.8 cm³/mol. The summed E-state index contributed by atoms with van der Waals surface area (Å²) in [6.45, 7) is -1.23. The van der Waals surface area contributed by atoms with Crippen molar-refractivity contribution in [2.45, 2.75) is 12.7 Å². The molecule has 84 valence electrons. The van der Waals surface area contributed by atoms with Crippen molar-refractivity contribution < 1.29 is 22.7 Å². The molecule has 0 amide bonds. The van der Waals surface area contributed by atoms with Crippen molar-refractivity contribution in [2.24, 2.45) is 0 Å². The zero-order valence-electron chi connectivity index (χ0n) is 7.61. The van der Waals surface area contributed by atoms with E-state index in [9.17, 15) is 17.6 Å². The summed E-state index contributed by atoms with van der Waals surface area (Å²) in [6, 6.07) is 3.43. The topological polar surface area (TPSA) is 32.3 Å². The van der Waals surface area contributed by atoms with Gasteiger partial charge >= 0.3 is 6.18 Å². The van der Waals surface area contributed by atoms with Crippen molar-refractivity contribution in [3.8, 4) is 5.75 Å². The normalized spacial score (nSPS) is 11.7. The van der Waals surface area contributed by atoms with Gasteiger partial charge in [-0.15, -0.1) is 0 Å². The minimum Gasteiger partial charge on any atom is -0.505 e. The molecule has 0 saturated heterocycles. The molecule has 6 heteroatoms. The first-order chi connectivity index (χ1) is 6.88. The van der Waals surface area contributed by atoms with E-state index in [1.807, 2.05) is 0 Å². The fourth-order valence-corrected chi connectivity index (χ4v) is 1.01. The molecular formula is C9H9F4NO. The van der Waals surface area contributed by atoms with Crippen LogP contribution in [0.1, 0.15) is 5.56 Å². The van der Waals surface area contributed by atoms with Gasteiger partial charge in [-0.3, -0.25) is 0 Å². The van der Waals surface area contributed by atoms with Crippen LogP contribution in [-0.4, -0.2) is 17.8 Å². The second kappa shape index (κ2) is 4.48. The Morgan fingerprint density at radius 2 is 1.93 bits per heavy atom. The molecule has 1 aromatic rings. The Morgan fingerprint density at radius 3 is 2.47 bits per heavy atom. The van der Waals surface area contributed by atoms with E-state index in [4.69, 9.17) is 5.11 Å². The Hall–Kier alpha value is -1.30. The number of hydrogen-bond acceptors (Lipinski definition) is 2. The molecule has 0 saturated carbocycles. The molecule has 2 N–H and O–H groups in total. The Balaban J connectivity index is 2.48. The lowest BCUT2D eigenvalue weighted by Crippen LogP contribution is -2.28. The molecule has 0 radical (unpaired) electrons. The molecule has 0 atom stereocenters. The van der Waals surface area contributed by atoms with E-state index in [0.29, 0.717) is 5.56 Å². The monoisotopic (exact) mass is 223 g/mol. The van der Waals surface area contributed by atoms with Crippen LogP contribution in [0.15, 0.2) is 18.2 Å². The molecule has 15 heavy (non-hydrogen) atoms. The molecule has 0 aliphatic carbocycles. The summed E-state index contributed by atoms with van der Waals surface area (Å²) in [5.74, 6) is -1.36. The average Bonchev–Trinajstić information content (AvgIpc) is 2.09. The molecule has 2 nitrogen and oxygen atoms in total. The van der Waals surface area contributed by atoms with Crippen LogP contribution in [0.5, 0.6) is 5.75 Å². The van der Waals surface area contributed by atoms with E-state index < -0.39 is 24.3 Å². The van der Waals surface area contributed by atoms with E-state index in [1.165, 1.54) is 6.07 Å². The van der Waals surface area contributed by atoms with Crippen LogP contribution in [0.25, 0.3) is 0 Å². The number of benzene rings is 1. The van der Waals surface area contributed by atoms with Crippen molar-refractivity contribution in [2.75, 3.05) is 6.54 Å².